The van der Waals surface area contributed by atoms with Crippen molar-refractivity contribution >= 4 is 98.4 Å². The lowest BCUT2D eigenvalue weighted by Gasteiger charge is -2.50. The molecule has 17 N–H and O–H groups in total. The number of aliphatic hydroxyl groups excluding tert-OH is 6. The van der Waals surface area contributed by atoms with Gasteiger partial charge in [0.1, 0.15) is 78.8 Å². The van der Waals surface area contributed by atoms with Crippen LogP contribution in [0.4, 0.5) is 17.1 Å². The Labute approximate surface area is 472 Å². The summed E-state index contributed by atoms with van der Waals surface area (Å²) in [5.74, 6) is -5.49. The molecule has 4 fully saturated rings. The fraction of sp³-hybridized carbons (Fsp3) is 0.719. The number of hydrogen-bond donors (Lipinski definition) is 16. The molecule has 0 aromatic heterocycles. The van der Waals surface area contributed by atoms with E-state index in [1.807, 2.05) is 5.32 Å². The standard InChI is InChI=1S/C26H42N2O37S5.C6H4ClN3O4/c1-4(30)27-7-9(31)13(6(56-23(7)39)3-55-67(43,44)45)58-26-19(65-70(52,53)54)12(34)16(20(62-26)22(37)38)60-24-8(28-66(40,41)42)15(63-68(46,47)48)14(5(2-29)57-24)59-25-18(64-69(49,50)51)11(33)10(32)17(61-25)21(35)36;7-4-1-3(9(11)12)2-5(6(4)8)10(13)14/h5-20,23-26,28-29,31-34,39H,2-3H2,1H3,(H,27,30)(H,35,36)(H,37,38)(H,40,41,42)(H,43,44,45)(H,46,47,48)(H,49,50,51)(H,52,53,54);1-2H,8H2/t5-,6+,7-,8-,9-,10-,11-,12+,13-,14-,15-,16+,17-,18+,19-,20+,23-,24+,25+,26-;/m1./s1. The largest absolute Gasteiger partial charge is 0.479 e. The molecule has 20 atom stereocenters. The predicted octanol–water partition coefficient (Wildman–Crippen LogP) is -8.97. The second-order valence-electron chi connectivity index (χ2n) is 17.0. The van der Waals surface area contributed by atoms with E-state index in [0.717, 1.165) is 19.1 Å². The van der Waals surface area contributed by atoms with E-state index in [1.54, 1.807) is 0 Å². The number of non-ortho nitro benzene ring substituents is 1. The quantitative estimate of drug-likeness (QED) is 0.0209. The fourth-order valence-electron chi connectivity index (χ4n) is 7.90. The molecule has 0 aliphatic carbocycles. The van der Waals surface area contributed by atoms with Gasteiger partial charge in [-0.3, -0.25) is 47.8 Å². The molecular formula is C32H46ClN5O41S5. The lowest BCUT2D eigenvalue weighted by atomic mass is 9.94. The summed E-state index contributed by atoms with van der Waals surface area (Å²) >= 11 is 5.47. The van der Waals surface area contributed by atoms with Crippen LogP contribution in [0.15, 0.2) is 12.1 Å². The molecule has 1 aromatic carbocycles. The molecule has 84 heavy (non-hydrogen) atoms. The third-order valence-corrected chi connectivity index (χ3v) is 13.9. The zero-order chi connectivity index (χ0) is 64.3. The van der Waals surface area contributed by atoms with Crippen LogP contribution in [0.2, 0.25) is 5.02 Å². The van der Waals surface area contributed by atoms with Crippen LogP contribution < -0.4 is 15.8 Å². The average Bonchev–Trinajstić information content (AvgIpc) is 1.70. The van der Waals surface area contributed by atoms with Crippen LogP contribution in [0.25, 0.3) is 0 Å². The third kappa shape index (κ3) is 19.7. The molecule has 4 aliphatic heterocycles. The molecule has 4 aliphatic rings. The Kier molecular flexibility index (Phi) is 24.0. The Morgan fingerprint density at radius 3 is 1.56 bits per heavy atom. The summed E-state index contributed by atoms with van der Waals surface area (Å²) in [7, 11) is -29.1. The lowest BCUT2D eigenvalue weighted by molar-refractivity contribution is -0.393. The average molecular weight is 1350 g/mol. The van der Waals surface area contributed by atoms with Gasteiger partial charge in [0.2, 0.25) is 5.91 Å². The van der Waals surface area contributed by atoms with Gasteiger partial charge in [-0.05, 0) is 0 Å². The van der Waals surface area contributed by atoms with E-state index < -0.39 is 227 Å². The van der Waals surface area contributed by atoms with Crippen LogP contribution in [-0.4, -0.2) is 269 Å². The van der Waals surface area contributed by atoms with Gasteiger partial charge in [-0.2, -0.15) is 46.8 Å². The number of nitro groups is 2. The first-order valence-electron chi connectivity index (χ1n) is 21.8. The number of carboxylic acid groups (broad SMARTS) is 2. The molecule has 5 rings (SSSR count). The smallest absolute Gasteiger partial charge is 0.397 e. The van der Waals surface area contributed by atoms with Crippen LogP contribution >= 0.6 is 11.6 Å². The molecule has 482 valence electrons. The van der Waals surface area contributed by atoms with Crippen LogP contribution in [-0.2, 0) is 116 Å². The van der Waals surface area contributed by atoms with Crippen LogP contribution in [0.1, 0.15) is 6.92 Å². The van der Waals surface area contributed by atoms with E-state index in [2.05, 4.69) is 16.7 Å². The Balaban J connectivity index is 0.000000942. The first-order valence-corrected chi connectivity index (χ1v) is 29.1. The SMILES string of the molecule is CC(=O)N[C@@H]1[C@@H](O)[C@H](O[C@@H]2O[C@H](C(=O)O)[C@@H](O[C@@H]3O[C@H](CO)[C@@H](O[C@H]4O[C@@H](C(=O)O)[C@H](O)[C@@H](O)[C@@H]4OS(=O)(=O)O)[C@H](OS(=O)(=O)O)[C@H]3NS(=O)(=O)O)[C@H](O)[C@H]2OS(=O)(=O)O)[C@H](COS(=O)(=O)O)O[C@H]1O.Nc1c(Cl)cc([N+](=O)[O-])cc1[N+](=O)[O-]. The number of benzene rings is 1. The number of carbonyl (C=O) groups is 3. The van der Waals surface area contributed by atoms with Gasteiger partial charge in [-0.15, -0.1) is 0 Å². The highest BCUT2D eigenvalue weighted by Gasteiger charge is 2.60. The number of amides is 1. The lowest BCUT2D eigenvalue weighted by Crippen LogP contribution is -2.71. The van der Waals surface area contributed by atoms with Crippen molar-refractivity contribution in [2.45, 2.75) is 130 Å². The van der Waals surface area contributed by atoms with Gasteiger partial charge < -0.3 is 85.1 Å². The van der Waals surface area contributed by atoms with Crippen molar-refractivity contribution in [3.63, 3.8) is 0 Å². The van der Waals surface area contributed by atoms with Crippen LogP contribution in [0.5, 0.6) is 0 Å². The second-order valence-corrected chi connectivity index (χ2v) is 22.8. The maximum Gasteiger partial charge on any atom is 0.397 e. The first-order chi connectivity index (χ1) is 38.2. The van der Waals surface area contributed by atoms with Gasteiger partial charge >= 0.3 is 69.5 Å². The first kappa shape index (κ1) is 71.8. The number of carbonyl (C=O) groups excluding carboxylic acids is 1. The van der Waals surface area contributed by atoms with Gasteiger partial charge in [0.15, 0.2) is 49.6 Å². The molecule has 0 radical (unpaired) electrons. The Bertz CT molecular complexity index is 3160. The molecule has 0 spiro atoms. The highest BCUT2D eigenvalue weighted by atomic mass is 35.5. The topological polar surface area (TPSA) is 723 Å². The van der Waals surface area contributed by atoms with Crippen molar-refractivity contribution in [3.8, 4) is 0 Å². The van der Waals surface area contributed by atoms with Crippen molar-refractivity contribution in [3.05, 3.63) is 37.4 Å². The summed E-state index contributed by atoms with van der Waals surface area (Å²) in [4.78, 5) is 55.5. The summed E-state index contributed by atoms with van der Waals surface area (Å²) in [6.45, 7) is -2.24. The predicted molar refractivity (Wildman–Crippen MR) is 250 cm³/mol. The fourth-order valence-corrected chi connectivity index (χ4v) is 10.5. The number of nitrogen functional groups attached to an aromatic ring is 1. The Hall–Kier alpha value is -4.65. The van der Waals surface area contributed by atoms with Gasteiger partial charge in [0.05, 0.1) is 34.1 Å². The highest BCUT2D eigenvalue weighted by molar-refractivity contribution is 7.83. The van der Waals surface area contributed by atoms with Crippen molar-refractivity contribution in [1.82, 2.24) is 10.0 Å². The number of hydrogen-bond acceptors (Lipinski definition) is 35. The normalized spacial score (nSPS) is 34.3. The highest BCUT2D eigenvalue weighted by Crippen LogP contribution is 2.38. The van der Waals surface area contributed by atoms with Crippen LogP contribution in [0.3, 0.4) is 0 Å². The summed E-state index contributed by atoms with van der Waals surface area (Å²) in [6.07, 6.45) is -49.1. The number of nitrogens with one attached hydrogen (secondary N) is 2. The zero-order valence-electron chi connectivity index (χ0n) is 40.8. The van der Waals surface area contributed by atoms with E-state index in [-0.39, 0.29) is 10.7 Å². The summed E-state index contributed by atoms with van der Waals surface area (Å²) in [6, 6.07) is -3.23. The molecule has 4 saturated heterocycles. The van der Waals surface area contributed by atoms with Crippen molar-refractivity contribution in [1.29, 1.82) is 0 Å². The summed E-state index contributed by atoms with van der Waals surface area (Å²) in [5.41, 5.74) is 3.95. The Morgan fingerprint density at radius 2 is 1.11 bits per heavy atom. The minimum Gasteiger partial charge on any atom is -0.479 e. The number of anilines is 1. The molecule has 1 aromatic rings. The minimum atomic E-state index is -6.09. The number of nitro benzene ring substituents is 2. The number of aliphatic hydroxyl groups is 6. The number of halogens is 1. The maximum absolute atomic E-state index is 12.7. The molecule has 0 bridgehead atoms. The number of nitrogens with two attached hydrogens (primary N) is 1. The van der Waals surface area contributed by atoms with Crippen molar-refractivity contribution in [2.24, 2.45) is 0 Å². The minimum absolute atomic E-state index is 0.203. The van der Waals surface area contributed by atoms with E-state index >= 15 is 0 Å². The monoisotopic (exact) mass is 1350 g/mol. The molecule has 1 amide bonds. The number of carboxylic acids is 2. The molecular weight excluding hydrogens is 1310 g/mol. The Morgan fingerprint density at radius 1 is 0.619 bits per heavy atom. The molecule has 46 nitrogen and oxygen atoms in total. The van der Waals surface area contributed by atoms with Crippen molar-refractivity contribution in [2.75, 3.05) is 18.9 Å². The summed E-state index contributed by atoms with van der Waals surface area (Å²) < 4.78 is 222. The molecule has 0 unspecified atom stereocenters. The zero-order valence-corrected chi connectivity index (χ0v) is 45.6. The molecule has 4 heterocycles. The second kappa shape index (κ2) is 28.0. The molecule has 52 heteroatoms. The number of rotatable bonds is 23. The van der Waals surface area contributed by atoms with Gasteiger partial charge in [0, 0.05) is 13.0 Å². The number of nitrogens with zero attached hydrogens (tertiary/aromatic N) is 2. The van der Waals surface area contributed by atoms with Gasteiger partial charge in [0.25, 0.3) is 5.69 Å². The maximum atomic E-state index is 12.7. The van der Waals surface area contributed by atoms with E-state index in [4.69, 9.17) is 55.0 Å². The summed E-state index contributed by atoms with van der Waals surface area (Å²) in [5, 5.41) is 106. The van der Waals surface area contributed by atoms with E-state index in [9.17, 15) is 136 Å². The number of ether oxygens (including phenoxy) is 7. The number of aliphatic carboxylic acids is 2. The third-order valence-electron chi connectivity index (χ3n) is 11.2. The van der Waals surface area contributed by atoms with Crippen molar-refractivity contribution < 1.29 is 180 Å². The van der Waals surface area contributed by atoms with E-state index in [1.165, 1.54) is 4.72 Å². The van der Waals surface area contributed by atoms with Gasteiger partial charge in [-0.1, -0.05) is 11.6 Å². The molecule has 0 saturated carbocycles. The van der Waals surface area contributed by atoms with Gasteiger partial charge in [-0.25, -0.2) is 26.3 Å². The van der Waals surface area contributed by atoms with Crippen LogP contribution in [0, 0.1) is 20.2 Å². The van der Waals surface area contributed by atoms with E-state index in [0.29, 0.717) is 0 Å².